The fraction of sp³-hybridized carbons (Fsp3) is 0. The molecule has 0 radical (unpaired) electrons. The molecule has 0 aliphatic rings. The van der Waals surface area contributed by atoms with Crippen molar-refractivity contribution in [1.82, 2.24) is 0 Å². The summed E-state index contributed by atoms with van der Waals surface area (Å²) >= 11 is 3.33. The lowest BCUT2D eigenvalue weighted by Gasteiger charge is -2.12. The van der Waals surface area contributed by atoms with Crippen molar-refractivity contribution < 1.29 is 8.42 Å². The van der Waals surface area contributed by atoms with Crippen molar-refractivity contribution in [2.75, 3.05) is 11.1 Å². The molecule has 0 aromatic heterocycles. The average Bonchev–Trinajstić information content (AvgIpc) is 2.33. The van der Waals surface area contributed by atoms with E-state index < -0.39 is 10.0 Å². The molecule has 0 fully saturated rings. The third-order valence-corrected chi connectivity index (χ3v) is 3.99. The Hall–Kier alpha value is -1.57. The van der Waals surface area contributed by atoms with E-state index in [4.69, 9.17) is 10.9 Å². The van der Waals surface area contributed by atoms with E-state index in [-0.39, 0.29) is 10.6 Å². The third kappa shape index (κ3) is 3.25. The van der Waals surface area contributed by atoms with Crippen LogP contribution in [-0.4, -0.2) is 8.42 Å². The summed E-state index contributed by atoms with van der Waals surface area (Å²) < 4.78 is 23.7. The first kappa shape index (κ1) is 13.9. The van der Waals surface area contributed by atoms with Crippen molar-refractivity contribution in [3.05, 3.63) is 46.9 Å². The Morgan fingerprint density at radius 2 is 1.68 bits per heavy atom. The van der Waals surface area contributed by atoms with Crippen LogP contribution in [0.2, 0.25) is 0 Å². The molecule has 100 valence electrons. The highest BCUT2D eigenvalue weighted by Gasteiger charge is 2.14. The van der Waals surface area contributed by atoms with Crippen LogP contribution in [0.25, 0.3) is 0 Å². The topological polar surface area (TPSA) is 98.2 Å². The molecule has 0 aliphatic carbocycles. The first-order valence-corrected chi connectivity index (χ1v) is 7.66. The Balaban J connectivity index is 2.39. The zero-order valence-electron chi connectivity index (χ0n) is 9.80. The Kier molecular flexibility index (Phi) is 3.79. The van der Waals surface area contributed by atoms with Crippen molar-refractivity contribution in [2.45, 2.75) is 4.90 Å². The van der Waals surface area contributed by atoms with E-state index in [1.807, 2.05) is 24.3 Å². The summed E-state index contributed by atoms with van der Waals surface area (Å²) in [6, 6.07) is 12.0. The molecule has 0 unspecified atom stereocenters. The quantitative estimate of drug-likeness (QED) is 0.746. The molecule has 2 aromatic carbocycles. The van der Waals surface area contributed by atoms with Gasteiger partial charge in [-0.3, -0.25) is 0 Å². The van der Waals surface area contributed by atoms with E-state index in [0.717, 1.165) is 10.2 Å². The van der Waals surface area contributed by atoms with Crippen LogP contribution in [0.1, 0.15) is 0 Å². The molecule has 19 heavy (non-hydrogen) atoms. The van der Waals surface area contributed by atoms with Gasteiger partial charge in [-0.05, 0) is 36.4 Å². The maximum Gasteiger partial charge on any atom is 0.240 e. The molecule has 0 amide bonds. The Labute approximate surface area is 119 Å². The van der Waals surface area contributed by atoms with Crippen LogP contribution >= 0.6 is 15.9 Å². The maximum absolute atomic E-state index is 11.4. The normalized spacial score (nSPS) is 11.3. The predicted octanol–water partition coefficient (Wildman–Crippen LogP) is 2.42. The number of sulfonamides is 1. The third-order valence-electron chi connectivity index (χ3n) is 2.50. The van der Waals surface area contributed by atoms with Gasteiger partial charge in [-0.1, -0.05) is 22.0 Å². The highest BCUT2D eigenvalue weighted by atomic mass is 79.9. The second-order valence-electron chi connectivity index (χ2n) is 3.89. The summed E-state index contributed by atoms with van der Waals surface area (Å²) in [7, 11) is -3.83. The molecule has 2 rings (SSSR count). The highest BCUT2D eigenvalue weighted by molar-refractivity contribution is 9.10. The number of nitrogens with one attached hydrogen (secondary N) is 1. The number of hydrogen-bond acceptors (Lipinski definition) is 4. The van der Waals surface area contributed by atoms with E-state index in [0.29, 0.717) is 5.69 Å². The first-order valence-electron chi connectivity index (χ1n) is 5.32. The molecule has 0 bridgehead atoms. The van der Waals surface area contributed by atoms with Gasteiger partial charge in [0.2, 0.25) is 10.0 Å². The molecule has 7 heteroatoms. The van der Waals surface area contributed by atoms with Crippen LogP contribution in [0.15, 0.2) is 51.8 Å². The van der Waals surface area contributed by atoms with Crippen LogP contribution in [0, 0.1) is 0 Å². The van der Waals surface area contributed by atoms with Gasteiger partial charge in [0.1, 0.15) is 4.90 Å². The second-order valence-corrected chi connectivity index (χ2v) is 6.34. The van der Waals surface area contributed by atoms with Crippen LogP contribution in [0.4, 0.5) is 17.1 Å². The summed E-state index contributed by atoms with van der Waals surface area (Å²) in [5.41, 5.74) is 7.21. The zero-order chi connectivity index (χ0) is 14.0. The summed E-state index contributed by atoms with van der Waals surface area (Å²) in [4.78, 5) is -0.0883. The van der Waals surface area contributed by atoms with Gasteiger partial charge in [0.05, 0.1) is 11.4 Å². The van der Waals surface area contributed by atoms with Crippen molar-refractivity contribution in [1.29, 1.82) is 0 Å². The van der Waals surface area contributed by atoms with Crippen molar-refractivity contribution in [3.8, 4) is 0 Å². The minimum atomic E-state index is -3.83. The van der Waals surface area contributed by atoms with Gasteiger partial charge in [-0.25, -0.2) is 13.6 Å². The van der Waals surface area contributed by atoms with Crippen molar-refractivity contribution in [3.63, 3.8) is 0 Å². The molecule has 0 saturated carbocycles. The van der Waals surface area contributed by atoms with Gasteiger partial charge < -0.3 is 11.1 Å². The summed E-state index contributed by atoms with van der Waals surface area (Å²) in [5.74, 6) is 0. The van der Waals surface area contributed by atoms with Gasteiger partial charge in [0, 0.05) is 10.2 Å². The fourth-order valence-corrected chi connectivity index (χ4v) is 2.54. The van der Waals surface area contributed by atoms with Gasteiger partial charge >= 0.3 is 0 Å². The van der Waals surface area contributed by atoms with E-state index in [9.17, 15) is 8.42 Å². The van der Waals surface area contributed by atoms with E-state index in [1.54, 1.807) is 12.1 Å². The molecular weight excluding hydrogens is 330 g/mol. The van der Waals surface area contributed by atoms with Crippen molar-refractivity contribution >= 4 is 43.0 Å². The largest absolute Gasteiger partial charge is 0.396 e. The van der Waals surface area contributed by atoms with E-state index in [2.05, 4.69) is 21.2 Å². The Bertz CT molecular complexity index is 699. The molecule has 0 heterocycles. The van der Waals surface area contributed by atoms with Gasteiger partial charge in [0.25, 0.3) is 0 Å². The summed E-state index contributed by atoms with van der Waals surface area (Å²) in [6.07, 6.45) is 0. The lowest BCUT2D eigenvalue weighted by Crippen LogP contribution is -2.15. The molecule has 2 aromatic rings. The SMILES string of the molecule is Nc1c(Nc2ccc(Br)cc2)cccc1S(N)(=O)=O. The number of halogens is 1. The number of hydrogen-bond donors (Lipinski definition) is 3. The van der Waals surface area contributed by atoms with E-state index >= 15 is 0 Å². The molecule has 0 atom stereocenters. The number of rotatable bonds is 3. The first-order chi connectivity index (χ1) is 8.88. The Morgan fingerprint density at radius 3 is 2.26 bits per heavy atom. The lowest BCUT2D eigenvalue weighted by molar-refractivity contribution is 0.598. The molecule has 0 aliphatic heterocycles. The number of nitrogen functional groups attached to an aromatic ring is 1. The zero-order valence-corrected chi connectivity index (χ0v) is 12.2. The predicted molar refractivity (Wildman–Crippen MR) is 79.7 cm³/mol. The number of anilines is 3. The number of para-hydroxylation sites is 1. The fourth-order valence-electron chi connectivity index (χ4n) is 1.59. The summed E-state index contributed by atoms with van der Waals surface area (Å²) in [6.45, 7) is 0. The lowest BCUT2D eigenvalue weighted by atomic mass is 10.2. The minimum absolute atomic E-state index is 0.0883. The standard InChI is InChI=1S/C12H12BrN3O2S/c13-8-4-6-9(7-5-8)16-10-2-1-3-11(12(10)14)19(15,17)18/h1-7,16H,14H2,(H2,15,17,18). The molecule has 5 N–H and O–H groups in total. The average molecular weight is 342 g/mol. The molecular formula is C12H12BrN3O2S. The highest BCUT2D eigenvalue weighted by Crippen LogP contribution is 2.28. The molecule has 0 saturated heterocycles. The van der Waals surface area contributed by atoms with Crippen LogP contribution < -0.4 is 16.2 Å². The number of primary sulfonamides is 1. The monoisotopic (exact) mass is 341 g/mol. The minimum Gasteiger partial charge on any atom is -0.396 e. The van der Waals surface area contributed by atoms with Gasteiger partial charge in [-0.15, -0.1) is 0 Å². The Morgan fingerprint density at radius 1 is 1.05 bits per heavy atom. The van der Waals surface area contributed by atoms with Crippen molar-refractivity contribution in [2.24, 2.45) is 5.14 Å². The molecule has 0 spiro atoms. The maximum atomic E-state index is 11.4. The van der Waals surface area contributed by atoms with E-state index in [1.165, 1.54) is 6.07 Å². The van der Waals surface area contributed by atoms with Crippen LogP contribution in [0.5, 0.6) is 0 Å². The van der Waals surface area contributed by atoms with Gasteiger partial charge in [-0.2, -0.15) is 0 Å². The molecule has 5 nitrogen and oxygen atoms in total. The van der Waals surface area contributed by atoms with Crippen LogP contribution in [-0.2, 0) is 10.0 Å². The number of nitrogens with two attached hydrogens (primary N) is 2. The smallest absolute Gasteiger partial charge is 0.240 e. The summed E-state index contributed by atoms with van der Waals surface area (Å²) in [5, 5.41) is 8.14. The second kappa shape index (κ2) is 5.20. The van der Waals surface area contributed by atoms with Crippen LogP contribution in [0.3, 0.4) is 0 Å². The van der Waals surface area contributed by atoms with Gasteiger partial charge in [0.15, 0.2) is 0 Å². The number of benzene rings is 2.